The van der Waals surface area contributed by atoms with Gasteiger partial charge in [0.15, 0.2) is 0 Å². The first-order chi connectivity index (χ1) is 8.25. The minimum atomic E-state index is -4.56. The Balaban J connectivity index is 3.14. The van der Waals surface area contributed by atoms with Crippen LogP contribution in [0.25, 0.3) is 0 Å². The van der Waals surface area contributed by atoms with E-state index in [0.717, 1.165) is 6.07 Å². The molecule has 2 N–H and O–H groups in total. The first-order valence-corrected chi connectivity index (χ1v) is 5.85. The molecular weight excluding hydrogens is 315 g/mol. The van der Waals surface area contributed by atoms with E-state index in [0.29, 0.717) is 0 Å². The zero-order chi connectivity index (χ0) is 13.9. The van der Waals surface area contributed by atoms with Gasteiger partial charge in [0, 0.05) is 10.2 Å². The van der Waals surface area contributed by atoms with Crippen molar-refractivity contribution < 1.29 is 22.7 Å². The van der Waals surface area contributed by atoms with Gasteiger partial charge in [-0.2, -0.15) is 13.2 Å². The monoisotopic (exact) mass is 325 g/mol. The number of nitrogens with two attached hydrogens (primary N) is 1. The maximum absolute atomic E-state index is 12.7. The van der Waals surface area contributed by atoms with Crippen molar-refractivity contribution in [3.8, 4) is 0 Å². The van der Waals surface area contributed by atoms with E-state index in [-0.39, 0.29) is 23.1 Å². The number of alkyl halides is 3. The van der Waals surface area contributed by atoms with Crippen LogP contribution in [0.15, 0.2) is 16.6 Å². The lowest BCUT2D eigenvalue weighted by atomic mass is 10.0. The lowest BCUT2D eigenvalue weighted by Crippen LogP contribution is -2.14. The maximum Gasteiger partial charge on any atom is 0.418 e. The van der Waals surface area contributed by atoms with Gasteiger partial charge in [0.05, 0.1) is 18.6 Å². The van der Waals surface area contributed by atoms with E-state index in [1.807, 2.05) is 0 Å². The van der Waals surface area contributed by atoms with Crippen LogP contribution in [0.2, 0.25) is 0 Å². The van der Waals surface area contributed by atoms with Gasteiger partial charge in [-0.05, 0) is 24.6 Å². The fourth-order valence-electron chi connectivity index (χ4n) is 1.42. The van der Waals surface area contributed by atoms with Crippen molar-refractivity contribution in [3.05, 3.63) is 27.7 Å². The summed E-state index contributed by atoms with van der Waals surface area (Å²) in [6.07, 6.45) is -4.85. The van der Waals surface area contributed by atoms with Gasteiger partial charge in [-0.3, -0.25) is 4.79 Å². The molecule has 0 aliphatic heterocycles. The van der Waals surface area contributed by atoms with Crippen molar-refractivity contribution in [1.82, 2.24) is 0 Å². The van der Waals surface area contributed by atoms with Gasteiger partial charge < -0.3 is 10.5 Å². The van der Waals surface area contributed by atoms with Gasteiger partial charge >= 0.3 is 12.1 Å². The molecule has 18 heavy (non-hydrogen) atoms. The summed E-state index contributed by atoms with van der Waals surface area (Å²) in [5, 5.41) is 0. The number of halogens is 4. The molecule has 0 atom stereocenters. The van der Waals surface area contributed by atoms with Crippen molar-refractivity contribution >= 4 is 27.6 Å². The van der Waals surface area contributed by atoms with Crippen molar-refractivity contribution in [3.63, 3.8) is 0 Å². The zero-order valence-electron chi connectivity index (χ0n) is 9.47. The highest BCUT2D eigenvalue weighted by atomic mass is 79.9. The smallest absolute Gasteiger partial charge is 0.418 e. The summed E-state index contributed by atoms with van der Waals surface area (Å²) in [5.74, 6) is -0.615. The van der Waals surface area contributed by atoms with E-state index >= 15 is 0 Å². The molecule has 1 rings (SSSR count). The van der Waals surface area contributed by atoms with Crippen LogP contribution < -0.4 is 5.73 Å². The van der Waals surface area contributed by atoms with Crippen molar-refractivity contribution in [2.75, 3.05) is 12.3 Å². The Morgan fingerprint density at radius 2 is 2.06 bits per heavy atom. The van der Waals surface area contributed by atoms with E-state index in [9.17, 15) is 18.0 Å². The van der Waals surface area contributed by atoms with Gasteiger partial charge in [-0.25, -0.2) is 0 Å². The number of hydrogen-bond donors (Lipinski definition) is 1. The Morgan fingerprint density at radius 1 is 1.44 bits per heavy atom. The van der Waals surface area contributed by atoms with Gasteiger partial charge in [0.1, 0.15) is 0 Å². The molecule has 0 radical (unpaired) electrons. The van der Waals surface area contributed by atoms with Crippen LogP contribution in [-0.2, 0) is 22.1 Å². The van der Waals surface area contributed by atoms with Gasteiger partial charge in [0.2, 0.25) is 0 Å². The summed E-state index contributed by atoms with van der Waals surface area (Å²) in [6, 6.07) is 2.26. The average molecular weight is 326 g/mol. The molecule has 1 aromatic rings. The lowest BCUT2D eigenvalue weighted by Gasteiger charge is -2.14. The molecular formula is C11H11BrF3NO2. The largest absolute Gasteiger partial charge is 0.466 e. The molecule has 0 bridgehead atoms. The normalized spacial score (nSPS) is 11.4. The number of esters is 1. The molecule has 0 unspecified atom stereocenters. The van der Waals surface area contributed by atoms with Gasteiger partial charge in [-0.1, -0.05) is 15.9 Å². The molecule has 0 fully saturated rings. The third kappa shape index (κ3) is 3.63. The molecule has 7 heteroatoms. The minimum absolute atomic E-state index is 0.0927. The van der Waals surface area contributed by atoms with Crippen molar-refractivity contribution in [2.45, 2.75) is 19.5 Å². The molecule has 0 aliphatic carbocycles. The predicted octanol–water partition coefficient (Wildman–Crippen LogP) is 3.16. The first-order valence-electron chi connectivity index (χ1n) is 5.06. The number of anilines is 1. The Morgan fingerprint density at radius 3 is 2.56 bits per heavy atom. The van der Waals surface area contributed by atoms with E-state index < -0.39 is 23.4 Å². The summed E-state index contributed by atoms with van der Waals surface area (Å²) in [7, 11) is 0. The highest BCUT2D eigenvalue weighted by Gasteiger charge is 2.34. The molecule has 0 spiro atoms. The predicted molar refractivity (Wildman–Crippen MR) is 63.9 cm³/mol. The second-order valence-electron chi connectivity index (χ2n) is 3.51. The SMILES string of the molecule is CCOC(=O)Cc1cc(Br)cc(C(F)(F)F)c1N. The van der Waals surface area contributed by atoms with Crippen molar-refractivity contribution in [2.24, 2.45) is 0 Å². The fraction of sp³-hybridized carbons (Fsp3) is 0.364. The number of carbonyl (C=O) groups is 1. The van der Waals surface area contributed by atoms with E-state index in [2.05, 4.69) is 20.7 Å². The molecule has 3 nitrogen and oxygen atoms in total. The lowest BCUT2D eigenvalue weighted by molar-refractivity contribution is -0.142. The molecule has 0 aromatic heterocycles. The number of carbonyl (C=O) groups excluding carboxylic acids is 1. The van der Waals surface area contributed by atoms with E-state index in [1.165, 1.54) is 6.07 Å². The molecule has 0 amide bonds. The standard InChI is InChI=1S/C11H11BrF3NO2/c1-2-18-9(17)4-6-3-7(12)5-8(10(6)16)11(13,14)15/h3,5H,2,4,16H2,1H3. The van der Waals surface area contributed by atoms with Crippen LogP contribution >= 0.6 is 15.9 Å². The number of ether oxygens (including phenoxy) is 1. The van der Waals surface area contributed by atoms with E-state index in [1.54, 1.807) is 6.92 Å². The van der Waals surface area contributed by atoms with Crippen LogP contribution in [0.5, 0.6) is 0 Å². The van der Waals surface area contributed by atoms with Crippen molar-refractivity contribution in [1.29, 1.82) is 0 Å². The molecule has 0 saturated heterocycles. The number of rotatable bonds is 3. The quantitative estimate of drug-likeness (QED) is 0.686. The number of hydrogen-bond acceptors (Lipinski definition) is 3. The van der Waals surface area contributed by atoms with Crippen LogP contribution in [-0.4, -0.2) is 12.6 Å². The van der Waals surface area contributed by atoms with Crippen LogP contribution in [0, 0.1) is 0 Å². The Kier molecular flexibility index (Phi) is 4.61. The van der Waals surface area contributed by atoms with E-state index in [4.69, 9.17) is 5.73 Å². The Labute approximate surface area is 110 Å². The van der Waals surface area contributed by atoms with Gasteiger partial charge in [0.25, 0.3) is 0 Å². The second-order valence-corrected chi connectivity index (χ2v) is 4.42. The molecule has 0 heterocycles. The molecule has 1 aromatic carbocycles. The number of benzene rings is 1. The van der Waals surface area contributed by atoms with Crippen LogP contribution in [0.3, 0.4) is 0 Å². The average Bonchev–Trinajstić information content (AvgIpc) is 2.21. The first kappa shape index (κ1) is 14.8. The second kappa shape index (κ2) is 5.60. The third-order valence-electron chi connectivity index (χ3n) is 2.18. The van der Waals surface area contributed by atoms with Crippen LogP contribution in [0.4, 0.5) is 18.9 Å². The zero-order valence-corrected chi connectivity index (χ0v) is 11.1. The number of nitrogen functional groups attached to an aromatic ring is 1. The molecule has 100 valence electrons. The summed E-state index contributed by atoms with van der Waals surface area (Å²) in [5.41, 5.74) is 4.12. The Hall–Kier alpha value is -1.24. The summed E-state index contributed by atoms with van der Waals surface area (Å²) in [4.78, 5) is 11.3. The summed E-state index contributed by atoms with van der Waals surface area (Å²) in [6.45, 7) is 1.78. The minimum Gasteiger partial charge on any atom is -0.466 e. The van der Waals surface area contributed by atoms with Gasteiger partial charge in [-0.15, -0.1) is 0 Å². The Bertz CT molecular complexity index is 460. The summed E-state index contributed by atoms with van der Waals surface area (Å²) < 4.78 is 42.9. The summed E-state index contributed by atoms with van der Waals surface area (Å²) >= 11 is 2.96. The van der Waals surface area contributed by atoms with Crippen LogP contribution in [0.1, 0.15) is 18.1 Å². The maximum atomic E-state index is 12.7. The molecule has 0 aliphatic rings. The fourth-order valence-corrected chi connectivity index (χ4v) is 1.93. The topological polar surface area (TPSA) is 52.3 Å². The highest BCUT2D eigenvalue weighted by molar-refractivity contribution is 9.10. The third-order valence-corrected chi connectivity index (χ3v) is 2.63. The molecule has 0 saturated carbocycles. The highest BCUT2D eigenvalue weighted by Crippen LogP contribution is 2.37.